The number of hydrogen-bond donors (Lipinski definition) is 1. The second kappa shape index (κ2) is 10.5. The Morgan fingerprint density at radius 1 is 1.12 bits per heavy atom. The lowest BCUT2D eigenvalue weighted by Crippen LogP contribution is -2.19. The third kappa shape index (κ3) is 5.51. The maximum Gasteiger partial charge on any atom is 0.271 e. The van der Waals surface area contributed by atoms with Crippen molar-refractivity contribution in [2.45, 2.75) is 40.0 Å². The molecule has 1 amide bonds. The van der Waals surface area contributed by atoms with Crippen LogP contribution in [0.3, 0.4) is 0 Å². The molecule has 2 rings (SSSR count). The van der Waals surface area contributed by atoms with Crippen LogP contribution in [0.5, 0.6) is 17.2 Å². The molecule has 26 heavy (non-hydrogen) atoms. The van der Waals surface area contributed by atoms with E-state index in [0.29, 0.717) is 48.6 Å². The van der Waals surface area contributed by atoms with Gasteiger partial charge >= 0.3 is 0 Å². The van der Waals surface area contributed by atoms with E-state index >= 15 is 0 Å². The van der Waals surface area contributed by atoms with Crippen LogP contribution in [0.15, 0.2) is 29.4 Å². The van der Waals surface area contributed by atoms with E-state index in [9.17, 15) is 4.79 Å². The number of rotatable bonds is 9. The average Bonchev–Trinajstić information content (AvgIpc) is 2.65. The van der Waals surface area contributed by atoms with E-state index in [1.807, 2.05) is 27.0 Å². The zero-order valence-electron chi connectivity index (χ0n) is 15.8. The van der Waals surface area contributed by atoms with Crippen LogP contribution in [0.2, 0.25) is 0 Å². The zero-order valence-corrected chi connectivity index (χ0v) is 15.8. The Kier molecular flexibility index (Phi) is 7.99. The van der Waals surface area contributed by atoms with Crippen molar-refractivity contribution in [3.05, 3.63) is 29.8 Å². The molecule has 6 nitrogen and oxygen atoms in total. The average molecular weight is 360 g/mol. The normalized spacial score (nSPS) is 16.5. The molecule has 0 fully saturated rings. The summed E-state index contributed by atoms with van der Waals surface area (Å²) >= 11 is 0. The second-order valence-corrected chi connectivity index (χ2v) is 5.86. The number of allylic oxidation sites excluding steroid dienone is 2. The van der Waals surface area contributed by atoms with Gasteiger partial charge in [0.2, 0.25) is 5.75 Å². The highest BCUT2D eigenvalue weighted by Crippen LogP contribution is 2.39. The van der Waals surface area contributed by atoms with Crippen LogP contribution in [0, 0.1) is 5.92 Å². The minimum absolute atomic E-state index is 0.308. The molecule has 0 spiro atoms. The highest BCUT2D eigenvalue weighted by molar-refractivity contribution is 5.95. The summed E-state index contributed by atoms with van der Waals surface area (Å²) in [4.78, 5) is 12.5. The van der Waals surface area contributed by atoms with Gasteiger partial charge in [0.1, 0.15) is 0 Å². The van der Waals surface area contributed by atoms with Crippen LogP contribution in [0.1, 0.15) is 50.4 Å². The van der Waals surface area contributed by atoms with Gasteiger partial charge in [0, 0.05) is 11.8 Å². The van der Waals surface area contributed by atoms with Crippen molar-refractivity contribution in [2.24, 2.45) is 11.0 Å². The van der Waals surface area contributed by atoms with Crippen LogP contribution in [0.25, 0.3) is 0 Å². The summed E-state index contributed by atoms with van der Waals surface area (Å²) < 4.78 is 16.9. The van der Waals surface area contributed by atoms with E-state index in [0.717, 1.165) is 19.3 Å². The van der Waals surface area contributed by atoms with Gasteiger partial charge in [-0.1, -0.05) is 12.2 Å². The summed E-state index contributed by atoms with van der Waals surface area (Å²) in [5, 5.41) is 4.11. The lowest BCUT2D eigenvalue weighted by Gasteiger charge is -2.16. The van der Waals surface area contributed by atoms with Gasteiger partial charge in [-0.15, -0.1) is 0 Å². The van der Waals surface area contributed by atoms with Crippen LogP contribution < -0.4 is 19.6 Å². The standard InChI is InChI=1S/C20H28N2O4/c1-4-24-17-12-16(13-18(25-5-2)19(17)26-6-3)20(23)22-21-14-15-10-8-7-9-11-15/h7-8,12-15H,4-6,9-11H2,1-3H3,(H,22,23)/t15-/m1/s1. The number of hydrogen-bond acceptors (Lipinski definition) is 5. The maximum absolute atomic E-state index is 12.5. The monoisotopic (exact) mass is 360 g/mol. The Morgan fingerprint density at radius 2 is 1.77 bits per heavy atom. The molecule has 1 aromatic rings. The molecule has 0 saturated carbocycles. The molecule has 0 saturated heterocycles. The molecule has 0 radical (unpaired) electrons. The van der Waals surface area contributed by atoms with Crippen molar-refractivity contribution in [2.75, 3.05) is 19.8 Å². The lowest BCUT2D eigenvalue weighted by molar-refractivity contribution is 0.0953. The molecular weight excluding hydrogens is 332 g/mol. The third-order valence-electron chi connectivity index (χ3n) is 3.93. The predicted octanol–water partition coefficient (Wildman–Crippen LogP) is 3.95. The Morgan fingerprint density at radius 3 is 2.31 bits per heavy atom. The lowest BCUT2D eigenvalue weighted by atomic mass is 9.96. The molecule has 1 N–H and O–H groups in total. The number of nitrogens with zero attached hydrogens (tertiary/aromatic N) is 1. The summed E-state index contributed by atoms with van der Waals surface area (Å²) in [7, 11) is 0. The number of ether oxygens (including phenoxy) is 3. The summed E-state index contributed by atoms with van der Waals surface area (Å²) in [5.74, 6) is 1.57. The third-order valence-corrected chi connectivity index (χ3v) is 3.93. The Labute approximate surface area is 155 Å². The smallest absolute Gasteiger partial charge is 0.271 e. The van der Waals surface area contributed by atoms with Gasteiger partial charge in [0.25, 0.3) is 5.91 Å². The summed E-state index contributed by atoms with van der Waals surface area (Å²) in [6.45, 7) is 7.05. The number of amides is 1. The molecule has 1 atom stereocenters. The van der Waals surface area contributed by atoms with Crippen LogP contribution in [-0.4, -0.2) is 31.9 Å². The molecule has 1 aromatic carbocycles. The van der Waals surface area contributed by atoms with Gasteiger partial charge < -0.3 is 14.2 Å². The van der Waals surface area contributed by atoms with E-state index in [-0.39, 0.29) is 5.91 Å². The van der Waals surface area contributed by atoms with E-state index in [1.54, 1.807) is 12.1 Å². The highest BCUT2D eigenvalue weighted by Gasteiger charge is 2.18. The molecule has 0 heterocycles. The van der Waals surface area contributed by atoms with Crippen LogP contribution >= 0.6 is 0 Å². The number of carbonyl (C=O) groups excluding carboxylic acids is 1. The van der Waals surface area contributed by atoms with E-state index in [1.165, 1.54) is 0 Å². The van der Waals surface area contributed by atoms with E-state index < -0.39 is 0 Å². The van der Waals surface area contributed by atoms with Gasteiger partial charge in [0.15, 0.2) is 11.5 Å². The van der Waals surface area contributed by atoms with Gasteiger partial charge in [-0.2, -0.15) is 5.10 Å². The van der Waals surface area contributed by atoms with Crippen molar-refractivity contribution in [3.8, 4) is 17.2 Å². The minimum atomic E-state index is -0.308. The van der Waals surface area contributed by atoms with Gasteiger partial charge in [0.05, 0.1) is 19.8 Å². The first-order valence-electron chi connectivity index (χ1n) is 9.24. The number of hydrazone groups is 1. The number of carbonyl (C=O) groups is 1. The zero-order chi connectivity index (χ0) is 18.8. The molecule has 0 unspecified atom stereocenters. The first-order valence-corrected chi connectivity index (χ1v) is 9.24. The van der Waals surface area contributed by atoms with Crippen molar-refractivity contribution in [3.63, 3.8) is 0 Å². The largest absolute Gasteiger partial charge is 0.490 e. The fraction of sp³-hybridized carbons (Fsp3) is 0.500. The quantitative estimate of drug-likeness (QED) is 0.411. The summed E-state index contributed by atoms with van der Waals surface area (Å²) in [6.07, 6.45) is 9.21. The van der Waals surface area contributed by atoms with Crippen molar-refractivity contribution in [1.29, 1.82) is 0 Å². The van der Waals surface area contributed by atoms with Gasteiger partial charge in [-0.25, -0.2) is 5.43 Å². The SMILES string of the molecule is CCOc1cc(C(=O)NN=C[C@@H]2CC=CCC2)cc(OCC)c1OCC. The van der Waals surface area contributed by atoms with Crippen molar-refractivity contribution in [1.82, 2.24) is 5.43 Å². The number of nitrogens with one attached hydrogen (secondary N) is 1. The molecule has 1 aliphatic rings. The Bertz CT molecular complexity index is 628. The fourth-order valence-electron chi connectivity index (χ4n) is 2.74. The molecule has 142 valence electrons. The molecule has 0 aliphatic heterocycles. The van der Waals surface area contributed by atoms with Crippen molar-refractivity contribution >= 4 is 12.1 Å². The Hall–Kier alpha value is -2.50. The first kappa shape index (κ1) is 19.8. The predicted molar refractivity (Wildman–Crippen MR) is 102 cm³/mol. The van der Waals surface area contributed by atoms with Gasteiger partial charge in [-0.3, -0.25) is 4.79 Å². The maximum atomic E-state index is 12.5. The fourth-order valence-corrected chi connectivity index (χ4v) is 2.74. The summed E-state index contributed by atoms with van der Waals surface area (Å²) in [5.41, 5.74) is 3.01. The molecular formula is C20H28N2O4. The minimum Gasteiger partial charge on any atom is -0.490 e. The Balaban J connectivity index is 2.16. The van der Waals surface area contributed by atoms with Gasteiger partial charge in [-0.05, 0) is 58.1 Å². The number of benzene rings is 1. The molecule has 6 heteroatoms. The highest BCUT2D eigenvalue weighted by atomic mass is 16.5. The van der Waals surface area contributed by atoms with Crippen LogP contribution in [0.4, 0.5) is 0 Å². The van der Waals surface area contributed by atoms with E-state index in [4.69, 9.17) is 14.2 Å². The molecule has 0 bridgehead atoms. The topological polar surface area (TPSA) is 69.2 Å². The van der Waals surface area contributed by atoms with Crippen LogP contribution in [-0.2, 0) is 0 Å². The van der Waals surface area contributed by atoms with E-state index in [2.05, 4.69) is 22.7 Å². The first-order chi connectivity index (χ1) is 12.7. The second-order valence-electron chi connectivity index (χ2n) is 5.86. The summed E-state index contributed by atoms with van der Waals surface area (Å²) in [6, 6.07) is 3.32. The van der Waals surface area contributed by atoms with Crippen molar-refractivity contribution < 1.29 is 19.0 Å². The molecule has 1 aliphatic carbocycles. The molecule has 0 aromatic heterocycles.